The van der Waals surface area contributed by atoms with Gasteiger partial charge in [0.2, 0.25) is 0 Å². The van der Waals surface area contributed by atoms with Crippen molar-refractivity contribution >= 4 is 17.1 Å². The smallest absolute Gasteiger partial charge is 0.0726 e. The number of nitrogens with zero attached hydrogens (tertiary/aromatic N) is 1. The Hall–Kier alpha value is -6.44. The van der Waals surface area contributed by atoms with E-state index in [1.54, 1.807) is 0 Å². The fraction of sp³-hybridized carbons (Fsp3) is 0.226. The Morgan fingerprint density at radius 3 is 1.52 bits per heavy atom. The lowest BCUT2D eigenvalue weighted by Gasteiger charge is -2.34. The van der Waals surface area contributed by atoms with Gasteiger partial charge in [0.05, 0.1) is 16.8 Å². The van der Waals surface area contributed by atoms with E-state index in [0.717, 1.165) is 12.1 Å². The average Bonchev–Trinajstić information content (AvgIpc) is 3.84. The first-order valence-corrected chi connectivity index (χ1v) is 23.0. The molecule has 3 aliphatic carbocycles. The number of para-hydroxylation sites is 1. The van der Waals surface area contributed by atoms with Crippen LogP contribution in [0.1, 0.15) is 112 Å². The maximum absolute atomic E-state index is 2.59. The minimum atomic E-state index is -0.510. The van der Waals surface area contributed by atoms with Gasteiger partial charge in [0.1, 0.15) is 0 Å². The maximum Gasteiger partial charge on any atom is 0.0726 e. The molecule has 0 atom stereocenters. The van der Waals surface area contributed by atoms with Crippen molar-refractivity contribution in [3.8, 4) is 44.5 Å². The molecule has 0 fully saturated rings. The molecule has 0 amide bonds. The minimum Gasteiger partial charge on any atom is -0.309 e. The zero-order valence-electron chi connectivity index (χ0n) is 38.3. The van der Waals surface area contributed by atoms with Gasteiger partial charge in [-0.25, -0.2) is 0 Å². The van der Waals surface area contributed by atoms with Crippen LogP contribution in [0.25, 0.3) is 44.5 Å². The van der Waals surface area contributed by atoms with Crippen LogP contribution in [-0.2, 0) is 28.1 Å². The predicted molar refractivity (Wildman–Crippen MR) is 267 cm³/mol. The summed E-state index contributed by atoms with van der Waals surface area (Å²) in [5.74, 6) is 0. The highest BCUT2D eigenvalue weighted by Crippen LogP contribution is 2.65. The van der Waals surface area contributed by atoms with E-state index < -0.39 is 5.41 Å². The molecule has 0 aliphatic heterocycles. The summed E-state index contributed by atoms with van der Waals surface area (Å²) in [7, 11) is 0. The van der Waals surface area contributed by atoms with Gasteiger partial charge in [-0.15, -0.1) is 0 Å². The number of rotatable bonds is 5. The Morgan fingerprint density at radius 1 is 0.413 bits per heavy atom. The van der Waals surface area contributed by atoms with E-state index in [9.17, 15) is 0 Å². The van der Waals surface area contributed by atoms with E-state index in [1.165, 1.54) is 106 Å². The van der Waals surface area contributed by atoms with E-state index in [1.807, 2.05) is 0 Å². The molecule has 0 heterocycles. The Bertz CT molecular complexity index is 3080. The normalized spacial score (nSPS) is 14.7. The van der Waals surface area contributed by atoms with Gasteiger partial charge in [-0.05, 0) is 125 Å². The molecule has 310 valence electrons. The molecule has 1 heteroatoms. The molecule has 0 saturated carbocycles. The standard InChI is InChI=1S/C62H57N/c1-10-39-26-28-40(29-27-39)44-18-13-16-24-56(44)63(57-25-17-23-52-58(57)49-20-12-14-21-50(49)61(52,8)9)43-32-35-48-45-19-11-15-22-51(45)62(55(48)38-43)53-36-41(59(2,3)4)30-33-46(53)47-34-31-42(37-54(47)62)60(5,6)7/h11-38H,10H2,1-9H3. The lowest BCUT2D eigenvalue weighted by molar-refractivity contribution is 0.586. The topological polar surface area (TPSA) is 3.24 Å². The summed E-state index contributed by atoms with van der Waals surface area (Å²) >= 11 is 0. The van der Waals surface area contributed by atoms with Crippen LogP contribution >= 0.6 is 0 Å². The molecule has 0 radical (unpaired) electrons. The summed E-state index contributed by atoms with van der Waals surface area (Å²) in [6.07, 6.45) is 1.01. The molecule has 0 bridgehead atoms. The SMILES string of the molecule is CCc1ccc(-c2ccccc2N(c2ccc3c(c2)C2(c4ccccc4-3)c3cc(C(C)(C)C)ccc3-c3ccc(C(C)(C)C)cc32)c2cccc3c2-c2ccccc2C3(C)C)cc1. The fourth-order valence-corrected chi connectivity index (χ4v) is 11.4. The van der Waals surface area contributed by atoms with Crippen molar-refractivity contribution in [1.82, 2.24) is 0 Å². The number of anilines is 3. The van der Waals surface area contributed by atoms with Crippen LogP contribution in [0.2, 0.25) is 0 Å². The zero-order valence-corrected chi connectivity index (χ0v) is 38.3. The van der Waals surface area contributed by atoms with Gasteiger partial charge in [-0.3, -0.25) is 0 Å². The highest BCUT2D eigenvalue weighted by atomic mass is 15.1. The number of aryl methyl sites for hydroxylation is 1. The summed E-state index contributed by atoms with van der Waals surface area (Å²) in [6, 6.07) is 65.7. The summed E-state index contributed by atoms with van der Waals surface area (Å²) in [4.78, 5) is 2.59. The molecule has 8 aromatic carbocycles. The average molecular weight is 816 g/mol. The molecule has 63 heavy (non-hydrogen) atoms. The van der Waals surface area contributed by atoms with Crippen molar-refractivity contribution < 1.29 is 0 Å². The first-order valence-electron chi connectivity index (χ1n) is 23.0. The Labute approximate surface area is 375 Å². The number of hydrogen-bond donors (Lipinski definition) is 0. The summed E-state index contributed by atoms with van der Waals surface area (Å²) < 4.78 is 0. The monoisotopic (exact) mass is 815 g/mol. The molecule has 8 aromatic rings. The second-order valence-corrected chi connectivity index (χ2v) is 20.8. The van der Waals surface area contributed by atoms with Gasteiger partial charge in [0.15, 0.2) is 0 Å². The quantitative estimate of drug-likeness (QED) is 0.167. The van der Waals surface area contributed by atoms with Crippen molar-refractivity contribution in [1.29, 1.82) is 0 Å². The highest BCUT2D eigenvalue weighted by Gasteiger charge is 2.52. The summed E-state index contributed by atoms with van der Waals surface area (Å²) in [6.45, 7) is 21.1. The van der Waals surface area contributed by atoms with Gasteiger partial charge in [0.25, 0.3) is 0 Å². The van der Waals surface area contributed by atoms with Crippen molar-refractivity contribution in [3.05, 3.63) is 220 Å². The molecule has 0 saturated heterocycles. The van der Waals surface area contributed by atoms with Crippen LogP contribution in [0.4, 0.5) is 17.1 Å². The lowest BCUT2D eigenvalue weighted by Crippen LogP contribution is -2.27. The predicted octanol–water partition coefficient (Wildman–Crippen LogP) is 16.6. The lowest BCUT2D eigenvalue weighted by atomic mass is 9.68. The fourth-order valence-electron chi connectivity index (χ4n) is 11.4. The molecular formula is C62H57N. The summed E-state index contributed by atoms with van der Waals surface area (Å²) in [5, 5.41) is 0. The Balaban J connectivity index is 1.25. The van der Waals surface area contributed by atoms with Gasteiger partial charge >= 0.3 is 0 Å². The van der Waals surface area contributed by atoms with Gasteiger partial charge < -0.3 is 4.90 Å². The third-order valence-electron chi connectivity index (χ3n) is 14.8. The van der Waals surface area contributed by atoms with E-state index in [-0.39, 0.29) is 16.2 Å². The molecule has 0 unspecified atom stereocenters. The third-order valence-corrected chi connectivity index (χ3v) is 14.8. The Kier molecular flexibility index (Phi) is 8.62. The molecule has 0 N–H and O–H groups in total. The van der Waals surface area contributed by atoms with E-state index in [2.05, 4.69) is 237 Å². The van der Waals surface area contributed by atoms with Crippen molar-refractivity contribution in [2.45, 2.75) is 90.4 Å². The van der Waals surface area contributed by atoms with E-state index in [0.29, 0.717) is 0 Å². The Morgan fingerprint density at radius 2 is 0.905 bits per heavy atom. The van der Waals surface area contributed by atoms with Crippen LogP contribution in [0.15, 0.2) is 170 Å². The van der Waals surface area contributed by atoms with E-state index in [4.69, 9.17) is 0 Å². The third kappa shape index (κ3) is 5.68. The van der Waals surface area contributed by atoms with Crippen LogP contribution in [-0.4, -0.2) is 0 Å². The largest absolute Gasteiger partial charge is 0.309 e. The van der Waals surface area contributed by atoms with Crippen molar-refractivity contribution in [2.75, 3.05) is 4.90 Å². The zero-order chi connectivity index (χ0) is 43.6. The molecule has 1 nitrogen and oxygen atoms in total. The van der Waals surface area contributed by atoms with Crippen molar-refractivity contribution in [2.24, 2.45) is 0 Å². The van der Waals surface area contributed by atoms with Crippen LogP contribution in [0.5, 0.6) is 0 Å². The van der Waals surface area contributed by atoms with Crippen LogP contribution in [0, 0.1) is 0 Å². The molecule has 0 aromatic heterocycles. The second-order valence-electron chi connectivity index (χ2n) is 20.8. The number of hydrogen-bond acceptors (Lipinski definition) is 1. The number of fused-ring (bicyclic) bond motifs is 13. The van der Waals surface area contributed by atoms with Crippen LogP contribution < -0.4 is 4.90 Å². The van der Waals surface area contributed by atoms with E-state index >= 15 is 0 Å². The minimum absolute atomic E-state index is 0.0159. The molecule has 11 rings (SSSR count). The van der Waals surface area contributed by atoms with Crippen molar-refractivity contribution in [3.63, 3.8) is 0 Å². The molecular weight excluding hydrogens is 759 g/mol. The molecule has 3 aliphatic rings. The molecule has 1 spiro atoms. The number of benzene rings is 8. The first-order chi connectivity index (χ1) is 30.2. The van der Waals surface area contributed by atoms with Gasteiger partial charge in [-0.1, -0.05) is 208 Å². The maximum atomic E-state index is 2.59. The van der Waals surface area contributed by atoms with Gasteiger partial charge in [-0.2, -0.15) is 0 Å². The highest BCUT2D eigenvalue weighted by molar-refractivity contribution is 6.00. The van der Waals surface area contributed by atoms with Crippen LogP contribution in [0.3, 0.4) is 0 Å². The first kappa shape index (κ1) is 39.4. The van der Waals surface area contributed by atoms with Gasteiger partial charge in [0, 0.05) is 22.2 Å². The summed E-state index contributed by atoms with van der Waals surface area (Å²) in [5.41, 5.74) is 25.5. The second kappa shape index (κ2) is 13.8.